The van der Waals surface area contributed by atoms with Gasteiger partial charge < -0.3 is 9.84 Å². The molecule has 1 aromatic rings. The molecule has 0 aliphatic heterocycles. The molecule has 3 rings (SSSR count). The van der Waals surface area contributed by atoms with Crippen LogP contribution >= 0.6 is 0 Å². The van der Waals surface area contributed by atoms with E-state index in [2.05, 4.69) is 12.2 Å². The number of fused-ring (bicyclic) bond motifs is 2. The summed E-state index contributed by atoms with van der Waals surface area (Å²) in [5.74, 6) is 1.85. The van der Waals surface area contributed by atoms with Crippen LogP contribution in [-0.4, -0.2) is 17.7 Å². The Kier molecular flexibility index (Phi) is 5.82. The lowest BCUT2D eigenvalue weighted by atomic mass is 10.1. The minimum atomic E-state index is -0.941. The van der Waals surface area contributed by atoms with Gasteiger partial charge in [0.05, 0.1) is 6.61 Å². The molecule has 1 saturated carbocycles. The van der Waals surface area contributed by atoms with Crippen molar-refractivity contribution >= 4 is 12.0 Å². The van der Waals surface area contributed by atoms with Crippen LogP contribution in [0.1, 0.15) is 37.3 Å². The molecule has 0 amide bonds. The minimum absolute atomic E-state index is 0.629. The summed E-state index contributed by atoms with van der Waals surface area (Å²) >= 11 is 0. The van der Waals surface area contributed by atoms with Gasteiger partial charge in [-0.2, -0.15) is 0 Å². The van der Waals surface area contributed by atoms with E-state index < -0.39 is 5.97 Å². The summed E-state index contributed by atoms with van der Waals surface area (Å²) in [5.41, 5.74) is 1.89. The van der Waals surface area contributed by atoms with Gasteiger partial charge in [0.25, 0.3) is 0 Å². The molecule has 3 heteroatoms. The maximum Gasteiger partial charge on any atom is 0.328 e. The van der Waals surface area contributed by atoms with Crippen LogP contribution in [0, 0.1) is 18.8 Å². The second-order valence-corrected chi connectivity index (χ2v) is 5.84. The van der Waals surface area contributed by atoms with E-state index in [1.54, 1.807) is 6.08 Å². The number of carbonyl (C=O) groups is 1. The molecule has 0 heterocycles. The summed E-state index contributed by atoms with van der Waals surface area (Å²) < 4.78 is 5.33. The second kappa shape index (κ2) is 7.83. The topological polar surface area (TPSA) is 46.5 Å². The van der Waals surface area contributed by atoms with Crippen molar-refractivity contribution in [2.24, 2.45) is 11.8 Å². The van der Waals surface area contributed by atoms with Crippen molar-refractivity contribution in [3.63, 3.8) is 0 Å². The van der Waals surface area contributed by atoms with E-state index in [-0.39, 0.29) is 0 Å². The van der Waals surface area contributed by atoms with Crippen molar-refractivity contribution < 1.29 is 14.6 Å². The third-order valence-electron chi connectivity index (χ3n) is 4.13. The number of aryl methyl sites for hydroxylation is 1. The first-order chi connectivity index (χ1) is 10.6. The van der Waals surface area contributed by atoms with Gasteiger partial charge in [0, 0.05) is 6.08 Å². The first kappa shape index (κ1) is 16.3. The van der Waals surface area contributed by atoms with Crippen LogP contribution in [-0.2, 0) is 4.79 Å². The third-order valence-corrected chi connectivity index (χ3v) is 4.13. The molecule has 2 unspecified atom stereocenters. The summed E-state index contributed by atoms with van der Waals surface area (Å²) in [4.78, 5) is 10.3. The van der Waals surface area contributed by atoms with Crippen LogP contribution in [0.2, 0.25) is 0 Å². The number of carboxylic acid groups (broad SMARTS) is 1. The van der Waals surface area contributed by atoms with Gasteiger partial charge in [0.15, 0.2) is 0 Å². The minimum Gasteiger partial charge on any atom is -0.494 e. The van der Waals surface area contributed by atoms with Crippen LogP contribution < -0.4 is 4.74 Å². The van der Waals surface area contributed by atoms with E-state index in [9.17, 15) is 4.79 Å². The summed E-state index contributed by atoms with van der Waals surface area (Å²) in [6, 6.07) is 5.57. The highest BCUT2D eigenvalue weighted by atomic mass is 16.5. The largest absolute Gasteiger partial charge is 0.494 e. The van der Waals surface area contributed by atoms with Crippen LogP contribution in [0.3, 0.4) is 0 Å². The monoisotopic (exact) mass is 300 g/mol. The number of ether oxygens (including phenoxy) is 1. The Morgan fingerprint density at radius 1 is 1.32 bits per heavy atom. The lowest BCUT2D eigenvalue weighted by Crippen LogP contribution is -1.92. The zero-order chi connectivity index (χ0) is 15.9. The Morgan fingerprint density at radius 2 is 2.00 bits per heavy atom. The normalized spacial score (nSPS) is 21.7. The highest BCUT2D eigenvalue weighted by molar-refractivity contribution is 5.85. The molecule has 118 valence electrons. The van der Waals surface area contributed by atoms with Gasteiger partial charge in [0.1, 0.15) is 5.75 Å². The number of rotatable bonds is 4. The average molecular weight is 300 g/mol. The summed E-state index contributed by atoms with van der Waals surface area (Å²) in [6.45, 7) is 4.47. The van der Waals surface area contributed by atoms with Crippen molar-refractivity contribution in [3.05, 3.63) is 47.6 Å². The van der Waals surface area contributed by atoms with Gasteiger partial charge >= 0.3 is 5.97 Å². The van der Waals surface area contributed by atoms with E-state index >= 15 is 0 Å². The molecule has 1 fully saturated rings. The fraction of sp³-hybridized carbons (Fsp3) is 0.421. The summed E-state index contributed by atoms with van der Waals surface area (Å²) in [5, 5.41) is 8.49. The SMILES string of the molecule is C1=CC2CCC1C2.CCOc1ccc(C=CC(=O)O)c(C)c1. The number of carboxylic acids is 1. The number of aliphatic carboxylic acids is 1. The Morgan fingerprint density at radius 3 is 2.41 bits per heavy atom. The molecule has 3 nitrogen and oxygen atoms in total. The first-order valence-corrected chi connectivity index (χ1v) is 7.91. The zero-order valence-electron chi connectivity index (χ0n) is 13.3. The van der Waals surface area contributed by atoms with Crippen LogP contribution in [0.4, 0.5) is 0 Å². The molecule has 2 atom stereocenters. The standard InChI is InChI=1S/C12H14O3.C7H10/c1-3-15-11-6-4-10(9(2)8-11)5-7-12(13)14;1-2-7-4-3-6(1)5-7/h4-8H,3H2,1-2H3,(H,13,14);1-2,6-7H,3-5H2. The smallest absolute Gasteiger partial charge is 0.328 e. The molecule has 0 spiro atoms. The van der Waals surface area contributed by atoms with Crippen molar-refractivity contribution in [3.8, 4) is 5.75 Å². The van der Waals surface area contributed by atoms with Gasteiger partial charge in [-0.3, -0.25) is 0 Å². The molecule has 1 aromatic carbocycles. The quantitative estimate of drug-likeness (QED) is 0.659. The molecule has 0 saturated heterocycles. The molecule has 22 heavy (non-hydrogen) atoms. The molecule has 2 aliphatic rings. The third kappa shape index (κ3) is 4.76. The predicted molar refractivity (Wildman–Crippen MR) is 89.0 cm³/mol. The van der Waals surface area contributed by atoms with Gasteiger partial charge in [-0.05, 0) is 74.3 Å². The van der Waals surface area contributed by atoms with Crippen molar-refractivity contribution in [2.75, 3.05) is 6.61 Å². The lowest BCUT2D eigenvalue weighted by Gasteiger charge is -2.05. The van der Waals surface area contributed by atoms with Crippen LogP contribution in [0.25, 0.3) is 6.08 Å². The Balaban J connectivity index is 0.000000205. The van der Waals surface area contributed by atoms with Crippen molar-refractivity contribution in [1.29, 1.82) is 0 Å². The van der Waals surface area contributed by atoms with Crippen molar-refractivity contribution in [1.82, 2.24) is 0 Å². The predicted octanol–water partition coefficient (Wildman–Crippen LogP) is 4.46. The Labute approximate surface area is 132 Å². The van der Waals surface area contributed by atoms with Crippen LogP contribution in [0.5, 0.6) is 5.75 Å². The number of benzene rings is 1. The summed E-state index contributed by atoms with van der Waals surface area (Å²) in [7, 11) is 0. The van der Waals surface area contributed by atoms with E-state index in [0.29, 0.717) is 6.61 Å². The van der Waals surface area contributed by atoms with Crippen LogP contribution in [0.15, 0.2) is 36.4 Å². The fourth-order valence-corrected chi connectivity index (χ4v) is 2.97. The van der Waals surface area contributed by atoms with E-state index in [0.717, 1.165) is 34.8 Å². The van der Waals surface area contributed by atoms with Gasteiger partial charge in [-0.15, -0.1) is 0 Å². The highest BCUT2D eigenvalue weighted by Crippen LogP contribution is 2.38. The molecular formula is C19H24O3. The number of hydrogen-bond acceptors (Lipinski definition) is 2. The van der Waals surface area contributed by atoms with E-state index in [1.807, 2.05) is 32.0 Å². The Hall–Kier alpha value is -2.03. The fourth-order valence-electron chi connectivity index (χ4n) is 2.97. The molecule has 1 N–H and O–H groups in total. The van der Waals surface area contributed by atoms with Crippen molar-refractivity contribution in [2.45, 2.75) is 33.1 Å². The maximum atomic E-state index is 10.3. The van der Waals surface area contributed by atoms with Gasteiger partial charge in [-0.25, -0.2) is 4.79 Å². The molecule has 2 aliphatic carbocycles. The first-order valence-electron chi connectivity index (χ1n) is 7.91. The lowest BCUT2D eigenvalue weighted by molar-refractivity contribution is -0.131. The molecule has 2 bridgehead atoms. The molecule has 0 aromatic heterocycles. The highest BCUT2D eigenvalue weighted by Gasteiger charge is 2.25. The maximum absolute atomic E-state index is 10.3. The molecular weight excluding hydrogens is 276 g/mol. The van der Waals surface area contributed by atoms with E-state index in [4.69, 9.17) is 9.84 Å². The number of hydrogen-bond donors (Lipinski definition) is 1. The van der Waals surface area contributed by atoms with Gasteiger partial charge in [0.2, 0.25) is 0 Å². The van der Waals surface area contributed by atoms with Gasteiger partial charge in [-0.1, -0.05) is 18.2 Å². The second-order valence-electron chi connectivity index (χ2n) is 5.84. The average Bonchev–Trinajstić information content (AvgIpc) is 3.12. The number of allylic oxidation sites excluding steroid dienone is 2. The summed E-state index contributed by atoms with van der Waals surface area (Å²) in [6.07, 6.45) is 11.9. The Bertz CT molecular complexity index is 560. The zero-order valence-corrected chi connectivity index (χ0v) is 13.3. The molecule has 0 radical (unpaired) electrons. The van der Waals surface area contributed by atoms with E-state index in [1.165, 1.54) is 19.3 Å².